The summed E-state index contributed by atoms with van der Waals surface area (Å²) in [5, 5.41) is 4.96. The molecule has 1 aromatic heterocycles. The predicted molar refractivity (Wildman–Crippen MR) is 93.2 cm³/mol. The van der Waals surface area contributed by atoms with E-state index in [1.165, 1.54) is 18.3 Å². The summed E-state index contributed by atoms with van der Waals surface area (Å²) < 4.78 is 19.1. The predicted octanol–water partition coefficient (Wildman–Crippen LogP) is 4.13. The summed E-state index contributed by atoms with van der Waals surface area (Å²) in [5.74, 6) is -1.12. The van der Waals surface area contributed by atoms with Crippen LogP contribution in [0.1, 0.15) is 36.8 Å². The number of amides is 2. The molecule has 0 atom stereocenters. The van der Waals surface area contributed by atoms with E-state index in [2.05, 4.69) is 15.6 Å². The summed E-state index contributed by atoms with van der Waals surface area (Å²) in [4.78, 5) is 28.0. The Morgan fingerprint density at radius 3 is 2.44 bits per heavy atom. The Labute approximate surface area is 145 Å². The molecule has 0 unspecified atom stereocenters. The minimum Gasteiger partial charge on any atom is -0.444 e. The van der Waals surface area contributed by atoms with Crippen LogP contribution in [0.2, 0.25) is 0 Å². The SMILES string of the molecule is Cc1ccc(C(=O)Nc2cc(NC(=O)OC(C)(C)C)ccc2F)cn1. The molecule has 0 aliphatic rings. The first-order valence-electron chi connectivity index (χ1n) is 7.67. The van der Waals surface area contributed by atoms with Crippen LogP contribution < -0.4 is 10.6 Å². The molecule has 2 amide bonds. The Morgan fingerprint density at radius 2 is 1.84 bits per heavy atom. The summed E-state index contributed by atoms with van der Waals surface area (Å²) in [5.41, 5.74) is 0.661. The zero-order chi connectivity index (χ0) is 18.6. The van der Waals surface area contributed by atoms with Crippen LogP contribution in [0.25, 0.3) is 0 Å². The average molecular weight is 345 g/mol. The van der Waals surface area contributed by atoms with Crippen molar-refractivity contribution >= 4 is 23.4 Å². The number of aryl methyl sites for hydroxylation is 1. The van der Waals surface area contributed by atoms with Crippen molar-refractivity contribution in [2.45, 2.75) is 33.3 Å². The first-order valence-corrected chi connectivity index (χ1v) is 7.67. The summed E-state index contributed by atoms with van der Waals surface area (Å²) in [6.07, 6.45) is 0.741. The fourth-order valence-corrected chi connectivity index (χ4v) is 1.92. The number of carbonyl (C=O) groups is 2. The van der Waals surface area contributed by atoms with Crippen molar-refractivity contribution in [3.8, 4) is 0 Å². The lowest BCUT2D eigenvalue weighted by atomic mass is 10.2. The minimum absolute atomic E-state index is 0.0564. The van der Waals surface area contributed by atoms with Gasteiger partial charge >= 0.3 is 6.09 Å². The zero-order valence-electron chi connectivity index (χ0n) is 14.5. The maximum absolute atomic E-state index is 13.9. The van der Waals surface area contributed by atoms with Gasteiger partial charge in [0.1, 0.15) is 11.4 Å². The first-order chi connectivity index (χ1) is 11.6. The lowest BCUT2D eigenvalue weighted by Crippen LogP contribution is -2.27. The zero-order valence-corrected chi connectivity index (χ0v) is 14.5. The Morgan fingerprint density at radius 1 is 1.12 bits per heavy atom. The van der Waals surface area contributed by atoms with Gasteiger partial charge in [-0.15, -0.1) is 0 Å². The molecule has 0 aliphatic carbocycles. The average Bonchev–Trinajstić information content (AvgIpc) is 2.49. The number of aromatic nitrogens is 1. The largest absolute Gasteiger partial charge is 0.444 e. The molecule has 7 heteroatoms. The van der Waals surface area contributed by atoms with Crippen LogP contribution in [0.15, 0.2) is 36.5 Å². The second kappa shape index (κ2) is 7.29. The molecule has 6 nitrogen and oxygen atoms in total. The number of halogens is 1. The molecule has 0 fully saturated rings. The number of benzene rings is 1. The number of anilines is 2. The molecule has 2 aromatic rings. The molecular formula is C18H20FN3O3. The third kappa shape index (κ3) is 5.56. The Bertz CT molecular complexity index is 783. The van der Waals surface area contributed by atoms with Gasteiger partial charge in [0.05, 0.1) is 11.3 Å². The van der Waals surface area contributed by atoms with Gasteiger partial charge in [0.2, 0.25) is 0 Å². The van der Waals surface area contributed by atoms with Crippen molar-refractivity contribution in [3.63, 3.8) is 0 Å². The Balaban J connectivity index is 2.12. The monoisotopic (exact) mass is 345 g/mol. The highest BCUT2D eigenvalue weighted by molar-refractivity contribution is 6.04. The smallest absolute Gasteiger partial charge is 0.412 e. The lowest BCUT2D eigenvalue weighted by molar-refractivity contribution is 0.0636. The van der Waals surface area contributed by atoms with Crippen molar-refractivity contribution in [1.82, 2.24) is 4.98 Å². The third-order valence-corrected chi connectivity index (χ3v) is 3.03. The fraction of sp³-hybridized carbons (Fsp3) is 0.278. The number of rotatable bonds is 3. The second-order valence-electron chi connectivity index (χ2n) is 6.46. The minimum atomic E-state index is -0.667. The van der Waals surface area contributed by atoms with Crippen LogP contribution in [0, 0.1) is 12.7 Å². The van der Waals surface area contributed by atoms with Gasteiger partial charge in [-0.25, -0.2) is 9.18 Å². The van der Waals surface area contributed by atoms with Gasteiger partial charge in [0.15, 0.2) is 0 Å². The number of hydrogen-bond acceptors (Lipinski definition) is 4. The van der Waals surface area contributed by atoms with Crippen molar-refractivity contribution < 1.29 is 18.7 Å². The maximum atomic E-state index is 13.9. The van der Waals surface area contributed by atoms with Crippen LogP contribution in [0.5, 0.6) is 0 Å². The molecule has 2 N–H and O–H groups in total. The normalized spacial score (nSPS) is 10.9. The standard InChI is InChI=1S/C18H20FN3O3/c1-11-5-6-12(10-20-11)16(23)22-15-9-13(7-8-14(15)19)21-17(24)25-18(2,3)4/h5-10H,1-4H3,(H,21,24)(H,22,23). The van der Waals surface area contributed by atoms with E-state index in [4.69, 9.17) is 4.74 Å². The molecule has 25 heavy (non-hydrogen) atoms. The molecular weight excluding hydrogens is 325 g/mol. The van der Waals surface area contributed by atoms with Crippen molar-refractivity contribution in [3.05, 3.63) is 53.6 Å². The van der Waals surface area contributed by atoms with Gasteiger partial charge in [-0.2, -0.15) is 0 Å². The van der Waals surface area contributed by atoms with Gasteiger partial charge in [0.25, 0.3) is 5.91 Å². The Hall–Kier alpha value is -2.96. The number of ether oxygens (including phenoxy) is 1. The van der Waals surface area contributed by atoms with Crippen LogP contribution in [-0.4, -0.2) is 22.6 Å². The highest BCUT2D eigenvalue weighted by Gasteiger charge is 2.17. The van der Waals surface area contributed by atoms with E-state index in [9.17, 15) is 14.0 Å². The van der Waals surface area contributed by atoms with Crippen LogP contribution in [0.4, 0.5) is 20.6 Å². The van der Waals surface area contributed by atoms with E-state index in [1.54, 1.807) is 39.8 Å². The molecule has 1 aromatic carbocycles. The van der Waals surface area contributed by atoms with E-state index in [1.807, 2.05) is 0 Å². The van der Waals surface area contributed by atoms with Gasteiger partial charge in [-0.3, -0.25) is 15.1 Å². The molecule has 2 rings (SSSR count). The van der Waals surface area contributed by atoms with Gasteiger partial charge in [-0.05, 0) is 58.0 Å². The van der Waals surface area contributed by atoms with Crippen molar-refractivity contribution in [2.24, 2.45) is 0 Å². The van der Waals surface area contributed by atoms with Crippen molar-refractivity contribution in [2.75, 3.05) is 10.6 Å². The molecule has 0 saturated heterocycles. The van der Waals surface area contributed by atoms with E-state index < -0.39 is 23.4 Å². The van der Waals surface area contributed by atoms with E-state index in [0.717, 1.165) is 11.8 Å². The van der Waals surface area contributed by atoms with Crippen molar-refractivity contribution in [1.29, 1.82) is 0 Å². The molecule has 1 heterocycles. The summed E-state index contributed by atoms with van der Waals surface area (Å²) in [7, 11) is 0. The second-order valence-corrected chi connectivity index (χ2v) is 6.46. The molecule has 0 aliphatic heterocycles. The molecule has 132 valence electrons. The number of carbonyl (C=O) groups excluding carboxylic acids is 2. The van der Waals surface area contributed by atoms with Gasteiger partial charge in [0, 0.05) is 17.6 Å². The summed E-state index contributed by atoms with van der Waals surface area (Å²) >= 11 is 0. The maximum Gasteiger partial charge on any atom is 0.412 e. The first kappa shape index (κ1) is 18.4. The molecule has 0 bridgehead atoms. The highest BCUT2D eigenvalue weighted by Crippen LogP contribution is 2.21. The Kier molecular flexibility index (Phi) is 5.36. The highest BCUT2D eigenvalue weighted by atomic mass is 19.1. The van der Waals surface area contributed by atoms with Crippen LogP contribution in [-0.2, 0) is 4.74 Å². The number of nitrogens with zero attached hydrogens (tertiary/aromatic N) is 1. The number of hydrogen-bond donors (Lipinski definition) is 2. The van der Waals surface area contributed by atoms with E-state index in [-0.39, 0.29) is 5.69 Å². The number of nitrogens with one attached hydrogen (secondary N) is 2. The number of pyridine rings is 1. The molecule has 0 saturated carbocycles. The summed E-state index contributed by atoms with van der Waals surface area (Å²) in [6.45, 7) is 7.00. The van der Waals surface area contributed by atoms with Gasteiger partial charge in [-0.1, -0.05) is 0 Å². The van der Waals surface area contributed by atoms with Gasteiger partial charge < -0.3 is 10.1 Å². The molecule has 0 spiro atoms. The lowest BCUT2D eigenvalue weighted by Gasteiger charge is -2.19. The third-order valence-electron chi connectivity index (χ3n) is 3.03. The topological polar surface area (TPSA) is 80.3 Å². The van der Waals surface area contributed by atoms with Crippen LogP contribution >= 0.6 is 0 Å². The van der Waals surface area contributed by atoms with E-state index >= 15 is 0 Å². The fourth-order valence-electron chi connectivity index (χ4n) is 1.92. The van der Waals surface area contributed by atoms with E-state index in [0.29, 0.717) is 11.3 Å². The quantitative estimate of drug-likeness (QED) is 0.876. The van der Waals surface area contributed by atoms with Crippen LogP contribution in [0.3, 0.4) is 0 Å². The summed E-state index contributed by atoms with van der Waals surface area (Å²) in [6, 6.07) is 7.13. The molecule has 0 radical (unpaired) electrons.